The molecule has 100 valence electrons. The van der Waals surface area contributed by atoms with Crippen molar-refractivity contribution in [2.45, 2.75) is 64.0 Å². The van der Waals surface area contributed by atoms with E-state index in [9.17, 15) is 4.79 Å². The Bertz CT molecular complexity index is 405. The van der Waals surface area contributed by atoms with Crippen molar-refractivity contribution in [3.8, 4) is 0 Å². The molecule has 0 amide bonds. The van der Waals surface area contributed by atoms with Gasteiger partial charge in [-0.2, -0.15) is 0 Å². The molecule has 4 nitrogen and oxygen atoms in total. The zero-order valence-corrected chi connectivity index (χ0v) is 11.2. The highest BCUT2D eigenvalue weighted by Crippen LogP contribution is 2.29. The van der Waals surface area contributed by atoms with Gasteiger partial charge in [0.2, 0.25) is 0 Å². The second-order valence-corrected chi connectivity index (χ2v) is 5.47. The Morgan fingerprint density at radius 3 is 2.83 bits per heavy atom. The van der Waals surface area contributed by atoms with Gasteiger partial charge in [0.25, 0.3) is 0 Å². The Labute approximate surface area is 109 Å². The number of hydrogen-bond acceptors (Lipinski definition) is 3. The first kappa shape index (κ1) is 13.3. The maximum Gasteiger partial charge on any atom is 0.200 e. The number of carbonyl (C=O) groups excluding carboxylic acids is 1. The molecule has 1 aromatic rings. The zero-order chi connectivity index (χ0) is 13.0. The van der Waals surface area contributed by atoms with Crippen LogP contribution in [0, 0.1) is 0 Å². The Balaban J connectivity index is 2.04. The minimum Gasteiger partial charge on any atom is -0.329 e. The highest BCUT2D eigenvalue weighted by Gasteiger charge is 2.31. The third-order valence-corrected chi connectivity index (χ3v) is 3.79. The molecule has 0 bridgehead atoms. The molecular formula is C14H23N3O. The van der Waals surface area contributed by atoms with Crippen molar-refractivity contribution in [3.63, 3.8) is 0 Å². The highest BCUT2D eigenvalue weighted by molar-refractivity contribution is 5.93. The van der Waals surface area contributed by atoms with Crippen LogP contribution in [0.3, 0.4) is 0 Å². The average Bonchev–Trinajstić information content (AvgIpc) is 2.78. The van der Waals surface area contributed by atoms with E-state index >= 15 is 0 Å². The molecule has 2 rings (SSSR count). The zero-order valence-electron chi connectivity index (χ0n) is 11.2. The lowest BCUT2D eigenvalue weighted by molar-refractivity contribution is 0.0920. The first-order chi connectivity index (χ1) is 8.64. The summed E-state index contributed by atoms with van der Waals surface area (Å²) in [6, 6.07) is 0. The predicted octanol–water partition coefficient (Wildman–Crippen LogP) is 2.53. The molecule has 1 aliphatic rings. The van der Waals surface area contributed by atoms with Gasteiger partial charge in [0.1, 0.15) is 0 Å². The quantitative estimate of drug-likeness (QED) is 0.816. The summed E-state index contributed by atoms with van der Waals surface area (Å²) in [5.41, 5.74) is 6.04. The van der Waals surface area contributed by atoms with Gasteiger partial charge in [-0.1, -0.05) is 26.2 Å². The molecule has 18 heavy (non-hydrogen) atoms. The SMILES string of the molecule is CCCn1ccnc1C(=O)CC1(N)CCCCC1. The first-order valence-electron chi connectivity index (χ1n) is 6.98. The van der Waals surface area contributed by atoms with E-state index in [1.54, 1.807) is 6.20 Å². The molecule has 4 heteroatoms. The lowest BCUT2D eigenvalue weighted by atomic mass is 9.79. The number of ketones is 1. The molecule has 1 aliphatic carbocycles. The van der Waals surface area contributed by atoms with E-state index in [0.29, 0.717) is 12.2 Å². The molecule has 0 radical (unpaired) electrons. The fraction of sp³-hybridized carbons (Fsp3) is 0.714. The molecule has 0 spiro atoms. The van der Waals surface area contributed by atoms with Crippen LogP contribution < -0.4 is 5.73 Å². The normalized spacial score (nSPS) is 18.8. The van der Waals surface area contributed by atoms with Crippen LogP contribution >= 0.6 is 0 Å². The van der Waals surface area contributed by atoms with Gasteiger partial charge in [0.05, 0.1) is 0 Å². The van der Waals surface area contributed by atoms with E-state index in [4.69, 9.17) is 5.73 Å². The summed E-state index contributed by atoms with van der Waals surface area (Å²) < 4.78 is 1.94. The lowest BCUT2D eigenvalue weighted by Gasteiger charge is -2.32. The largest absolute Gasteiger partial charge is 0.329 e. The fourth-order valence-electron chi connectivity index (χ4n) is 2.81. The van der Waals surface area contributed by atoms with Crippen molar-refractivity contribution in [2.24, 2.45) is 5.73 Å². The summed E-state index contributed by atoms with van der Waals surface area (Å²) in [5.74, 6) is 0.671. The summed E-state index contributed by atoms with van der Waals surface area (Å²) >= 11 is 0. The summed E-state index contributed by atoms with van der Waals surface area (Å²) in [4.78, 5) is 16.5. The molecule has 0 aromatic carbocycles. The second-order valence-electron chi connectivity index (χ2n) is 5.47. The van der Waals surface area contributed by atoms with E-state index in [-0.39, 0.29) is 11.3 Å². The van der Waals surface area contributed by atoms with Gasteiger partial charge >= 0.3 is 0 Å². The van der Waals surface area contributed by atoms with Crippen molar-refractivity contribution in [2.75, 3.05) is 0 Å². The van der Waals surface area contributed by atoms with Gasteiger partial charge in [-0.05, 0) is 19.3 Å². The lowest BCUT2D eigenvalue weighted by Crippen LogP contribution is -2.43. The van der Waals surface area contributed by atoms with Crippen molar-refractivity contribution in [3.05, 3.63) is 18.2 Å². The molecule has 0 saturated heterocycles. The summed E-state index contributed by atoms with van der Waals surface area (Å²) in [5, 5.41) is 0. The number of aromatic nitrogens is 2. The molecule has 1 heterocycles. The number of carbonyl (C=O) groups is 1. The Morgan fingerprint density at radius 2 is 2.17 bits per heavy atom. The van der Waals surface area contributed by atoms with Crippen LogP contribution in [0.4, 0.5) is 0 Å². The van der Waals surface area contributed by atoms with Crippen LogP contribution in [-0.4, -0.2) is 20.9 Å². The van der Waals surface area contributed by atoms with Gasteiger partial charge < -0.3 is 10.3 Å². The predicted molar refractivity (Wildman–Crippen MR) is 71.5 cm³/mol. The summed E-state index contributed by atoms with van der Waals surface area (Å²) in [6.45, 7) is 2.94. The maximum absolute atomic E-state index is 12.3. The maximum atomic E-state index is 12.3. The van der Waals surface area contributed by atoms with Crippen molar-refractivity contribution < 1.29 is 4.79 Å². The van der Waals surface area contributed by atoms with E-state index in [1.165, 1.54) is 6.42 Å². The molecule has 0 atom stereocenters. The van der Waals surface area contributed by atoms with Gasteiger partial charge in [0.15, 0.2) is 11.6 Å². The molecule has 0 aliphatic heterocycles. The molecule has 1 fully saturated rings. The molecular weight excluding hydrogens is 226 g/mol. The topological polar surface area (TPSA) is 60.9 Å². The number of rotatable bonds is 5. The van der Waals surface area contributed by atoms with Crippen molar-refractivity contribution in [1.82, 2.24) is 9.55 Å². The van der Waals surface area contributed by atoms with Crippen LogP contribution in [0.5, 0.6) is 0 Å². The molecule has 0 unspecified atom stereocenters. The molecule has 2 N–H and O–H groups in total. The van der Waals surface area contributed by atoms with Crippen molar-refractivity contribution in [1.29, 1.82) is 0 Å². The van der Waals surface area contributed by atoms with E-state index in [1.807, 2.05) is 10.8 Å². The van der Waals surface area contributed by atoms with Crippen LogP contribution in [0.1, 0.15) is 62.5 Å². The van der Waals surface area contributed by atoms with Gasteiger partial charge in [0, 0.05) is 30.9 Å². The van der Waals surface area contributed by atoms with Crippen LogP contribution in [0.15, 0.2) is 12.4 Å². The number of Topliss-reactive ketones (excluding diaryl/α,β-unsaturated/α-hetero) is 1. The van der Waals surface area contributed by atoms with Gasteiger partial charge in [-0.25, -0.2) is 4.98 Å². The van der Waals surface area contributed by atoms with Crippen LogP contribution in [0.2, 0.25) is 0 Å². The Kier molecular flexibility index (Phi) is 4.17. The van der Waals surface area contributed by atoms with E-state index in [2.05, 4.69) is 11.9 Å². The fourth-order valence-corrected chi connectivity index (χ4v) is 2.81. The minimum atomic E-state index is -0.293. The minimum absolute atomic E-state index is 0.0952. The summed E-state index contributed by atoms with van der Waals surface area (Å²) in [6.07, 6.45) is 10.5. The number of aryl methyl sites for hydroxylation is 1. The number of imidazole rings is 1. The molecule has 1 saturated carbocycles. The number of hydrogen-bond donors (Lipinski definition) is 1. The first-order valence-corrected chi connectivity index (χ1v) is 6.98. The third kappa shape index (κ3) is 2.99. The third-order valence-electron chi connectivity index (χ3n) is 3.79. The van der Waals surface area contributed by atoms with Gasteiger partial charge in [-0.3, -0.25) is 4.79 Å². The second kappa shape index (κ2) is 5.65. The Hall–Kier alpha value is -1.16. The van der Waals surface area contributed by atoms with Crippen molar-refractivity contribution >= 4 is 5.78 Å². The number of nitrogens with two attached hydrogens (primary N) is 1. The Morgan fingerprint density at radius 1 is 1.44 bits per heavy atom. The highest BCUT2D eigenvalue weighted by atomic mass is 16.1. The standard InChI is InChI=1S/C14H23N3O/c1-2-9-17-10-8-16-13(17)12(18)11-14(15)6-4-3-5-7-14/h8,10H,2-7,9,11,15H2,1H3. The average molecular weight is 249 g/mol. The smallest absolute Gasteiger partial charge is 0.200 e. The number of nitrogens with zero attached hydrogens (tertiary/aromatic N) is 2. The van der Waals surface area contributed by atoms with Crippen LogP contribution in [-0.2, 0) is 6.54 Å². The van der Waals surface area contributed by atoms with Crippen LogP contribution in [0.25, 0.3) is 0 Å². The summed E-state index contributed by atoms with van der Waals surface area (Å²) in [7, 11) is 0. The monoisotopic (exact) mass is 249 g/mol. The van der Waals surface area contributed by atoms with Gasteiger partial charge in [-0.15, -0.1) is 0 Å². The van der Waals surface area contributed by atoms with E-state index < -0.39 is 0 Å². The van der Waals surface area contributed by atoms with E-state index in [0.717, 1.165) is 38.6 Å². The molecule has 1 aromatic heterocycles.